The molecule has 0 heteroatoms. The highest BCUT2D eigenvalue weighted by Gasteiger charge is 2.34. The lowest BCUT2D eigenvalue weighted by atomic mass is 9.74. The van der Waals surface area contributed by atoms with Gasteiger partial charge in [-0.3, -0.25) is 0 Å². The van der Waals surface area contributed by atoms with Crippen molar-refractivity contribution in [2.45, 2.75) is 84.5 Å². The van der Waals surface area contributed by atoms with Gasteiger partial charge in [0.05, 0.1) is 0 Å². The zero-order valence-corrected chi connectivity index (χ0v) is 33.7. The Hall–Kier alpha value is -5.46. The first-order valence-corrected chi connectivity index (χ1v) is 20.1. The molecule has 0 fully saturated rings. The molecule has 55 heavy (non-hydrogen) atoms. The number of hydrogen-bond donors (Lipinski definition) is 0. The molecule has 0 saturated carbocycles. The van der Waals surface area contributed by atoms with E-state index in [0.29, 0.717) is 0 Å². The monoisotopic (exact) mass is 714 g/mol. The van der Waals surface area contributed by atoms with Gasteiger partial charge in [0.15, 0.2) is 0 Å². The Morgan fingerprint density at radius 3 is 1.65 bits per heavy atom. The molecule has 0 spiro atoms. The first kappa shape index (κ1) is 36.5. The molecule has 0 unspecified atom stereocenters. The van der Waals surface area contributed by atoms with E-state index in [0.717, 1.165) is 19.3 Å². The predicted octanol–water partition coefficient (Wildman–Crippen LogP) is 14.4. The molecule has 0 heterocycles. The molecule has 8 rings (SSSR count). The van der Waals surface area contributed by atoms with Gasteiger partial charge < -0.3 is 0 Å². The standard InChI is InChI=1S/C55H54/c1-37-22-26-42(27-23-37)47-32-45-33-49-48(35-51(54(3,4)5)53(44-28-24-38(2)25-29-44)52(49)43-20-14-15-21-43)46(45)34-50(47)55(6,7)36-41(30-39-16-10-8-11-17-39)31-40-18-12-9-13-19-40/h8-29,32,34-36,43H,30-31,33H2,1-7H3. The van der Waals surface area contributed by atoms with Crippen molar-refractivity contribution in [2.24, 2.45) is 0 Å². The molecule has 0 radical (unpaired) electrons. The smallest absolute Gasteiger partial charge is 0.0214 e. The Kier molecular flexibility index (Phi) is 9.72. The van der Waals surface area contributed by atoms with Crippen LogP contribution >= 0.6 is 0 Å². The van der Waals surface area contributed by atoms with Crippen LogP contribution in [0.4, 0.5) is 0 Å². The summed E-state index contributed by atoms with van der Waals surface area (Å²) in [7, 11) is 0. The van der Waals surface area contributed by atoms with Crippen molar-refractivity contribution < 1.29 is 0 Å². The summed E-state index contributed by atoms with van der Waals surface area (Å²) in [5, 5.41) is 0. The summed E-state index contributed by atoms with van der Waals surface area (Å²) < 4.78 is 0. The Labute approximate surface area is 330 Å². The summed E-state index contributed by atoms with van der Waals surface area (Å²) in [4.78, 5) is 0. The third-order valence-corrected chi connectivity index (χ3v) is 11.8. The third-order valence-electron chi connectivity index (χ3n) is 11.8. The summed E-state index contributed by atoms with van der Waals surface area (Å²) in [6, 6.07) is 48.0. The van der Waals surface area contributed by atoms with E-state index in [4.69, 9.17) is 0 Å². The second-order valence-corrected chi connectivity index (χ2v) is 17.6. The molecule has 0 aliphatic heterocycles. The summed E-state index contributed by atoms with van der Waals surface area (Å²) in [5.74, 6) is 0.246. The number of benzene rings is 6. The molecule has 0 aromatic heterocycles. The minimum absolute atomic E-state index is 0.0464. The molecule has 0 saturated heterocycles. The number of allylic oxidation sites excluding steroid dienone is 6. The summed E-state index contributed by atoms with van der Waals surface area (Å²) in [6.07, 6.45) is 14.6. The van der Waals surface area contributed by atoms with Gasteiger partial charge in [0, 0.05) is 11.3 Å². The highest BCUT2D eigenvalue weighted by molar-refractivity contribution is 5.89. The Morgan fingerprint density at radius 2 is 1.11 bits per heavy atom. The van der Waals surface area contributed by atoms with Crippen molar-refractivity contribution >= 4 is 0 Å². The second kappa shape index (κ2) is 14.6. The zero-order valence-electron chi connectivity index (χ0n) is 33.7. The van der Waals surface area contributed by atoms with E-state index >= 15 is 0 Å². The van der Waals surface area contributed by atoms with E-state index in [2.05, 4.69) is 206 Å². The average Bonchev–Trinajstić information content (AvgIpc) is 3.83. The van der Waals surface area contributed by atoms with Crippen LogP contribution in [-0.4, -0.2) is 0 Å². The van der Waals surface area contributed by atoms with E-state index in [1.807, 2.05) is 0 Å². The quantitative estimate of drug-likeness (QED) is 0.131. The van der Waals surface area contributed by atoms with Crippen LogP contribution in [0, 0.1) is 13.8 Å². The lowest BCUT2D eigenvalue weighted by molar-refractivity contribution is 0.591. The van der Waals surface area contributed by atoms with Crippen molar-refractivity contribution in [3.05, 3.63) is 213 Å². The van der Waals surface area contributed by atoms with Crippen molar-refractivity contribution in [3.63, 3.8) is 0 Å². The van der Waals surface area contributed by atoms with E-state index in [1.54, 1.807) is 0 Å². The van der Waals surface area contributed by atoms with Gasteiger partial charge in [-0.2, -0.15) is 0 Å². The maximum Gasteiger partial charge on any atom is 0.0214 e. The van der Waals surface area contributed by atoms with Crippen LogP contribution < -0.4 is 0 Å². The summed E-state index contributed by atoms with van der Waals surface area (Å²) >= 11 is 0. The number of fused-ring (bicyclic) bond motifs is 3. The van der Waals surface area contributed by atoms with Gasteiger partial charge in [-0.15, -0.1) is 0 Å². The molecule has 6 aromatic carbocycles. The molecule has 0 nitrogen and oxygen atoms in total. The molecule has 0 amide bonds. The minimum Gasteiger partial charge on any atom is -0.0746 e. The van der Waals surface area contributed by atoms with Gasteiger partial charge in [-0.05, 0) is 129 Å². The fourth-order valence-corrected chi connectivity index (χ4v) is 9.00. The van der Waals surface area contributed by atoms with Crippen LogP contribution in [0.2, 0.25) is 0 Å². The normalized spacial score (nSPS) is 13.6. The first-order chi connectivity index (χ1) is 26.4. The molecular formula is C55H54. The minimum atomic E-state index is -0.245. The van der Waals surface area contributed by atoms with Gasteiger partial charge in [-0.25, -0.2) is 0 Å². The fourth-order valence-electron chi connectivity index (χ4n) is 9.00. The number of rotatable bonds is 9. The van der Waals surface area contributed by atoms with Gasteiger partial charge >= 0.3 is 0 Å². The SMILES string of the molecule is Cc1ccc(-c2cc3c(cc2C(C)(C)C=C(Cc2ccccc2)Cc2ccccc2)-c2cc(C(C)(C)C)c(-c4ccc(C)cc4)c(C4C=CC=C4)c2C3)cc1. The Balaban J connectivity index is 1.35. The maximum atomic E-state index is 2.59. The number of hydrogen-bond acceptors (Lipinski definition) is 0. The molecule has 6 aromatic rings. The largest absolute Gasteiger partial charge is 0.0746 e. The van der Waals surface area contributed by atoms with Gasteiger partial charge in [0.1, 0.15) is 0 Å². The van der Waals surface area contributed by atoms with Crippen LogP contribution in [0.25, 0.3) is 33.4 Å². The van der Waals surface area contributed by atoms with Gasteiger partial charge in [0.2, 0.25) is 0 Å². The highest BCUT2D eigenvalue weighted by atomic mass is 14.4. The van der Waals surface area contributed by atoms with Crippen molar-refractivity contribution in [1.82, 2.24) is 0 Å². The lowest BCUT2D eigenvalue weighted by Gasteiger charge is -2.30. The average molecular weight is 715 g/mol. The van der Waals surface area contributed by atoms with E-state index < -0.39 is 0 Å². The van der Waals surface area contributed by atoms with Crippen molar-refractivity contribution in [2.75, 3.05) is 0 Å². The van der Waals surface area contributed by atoms with Crippen LogP contribution in [0.3, 0.4) is 0 Å². The van der Waals surface area contributed by atoms with E-state index in [-0.39, 0.29) is 16.7 Å². The highest BCUT2D eigenvalue weighted by Crippen LogP contribution is 2.52. The molecule has 0 bridgehead atoms. The third kappa shape index (κ3) is 7.48. The molecule has 0 N–H and O–H groups in total. The van der Waals surface area contributed by atoms with Crippen molar-refractivity contribution in [3.8, 4) is 33.4 Å². The maximum absolute atomic E-state index is 2.59. The molecule has 274 valence electrons. The van der Waals surface area contributed by atoms with Gasteiger partial charge in [-0.1, -0.05) is 191 Å². The van der Waals surface area contributed by atoms with Crippen LogP contribution in [0.5, 0.6) is 0 Å². The second-order valence-electron chi connectivity index (χ2n) is 17.6. The zero-order chi connectivity index (χ0) is 38.3. The summed E-state index contributed by atoms with van der Waals surface area (Å²) in [5.41, 5.74) is 21.7. The molecule has 2 aliphatic rings. The predicted molar refractivity (Wildman–Crippen MR) is 236 cm³/mol. The Bertz CT molecular complexity index is 2370. The molecular weight excluding hydrogens is 661 g/mol. The lowest BCUT2D eigenvalue weighted by Crippen LogP contribution is -2.18. The molecule has 0 atom stereocenters. The first-order valence-electron chi connectivity index (χ1n) is 20.1. The van der Waals surface area contributed by atoms with Crippen LogP contribution in [0.15, 0.2) is 163 Å². The number of aryl methyl sites for hydroxylation is 2. The van der Waals surface area contributed by atoms with Crippen molar-refractivity contribution in [1.29, 1.82) is 0 Å². The van der Waals surface area contributed by atoms with Crippen LogP contribution in [-0.2, 0) is 30.1 Å². The van der Waals surface area contributed by atoms with E-state index in [9.17, 15) is 0 Å². The topological polar surface area (TPSA) is 0 Å². The summed E-state index contributed by atoms with van der Waals surface area (Å²) in [6.45, 7) is 16.4. The Morgan fingerprint density at radius 1 is 0.582 bits per heavy atom. The van der Waals surface area contributed by atoms with Gasteiger partial charge in [0.25, 0.3) is 0 Å². The molecule has 2 aliphatic carbocycles. The van der Waals surface area contributed by atoms with Crippen LogP contribution in [0.1, 0.15) is 90.6 Å². The fraction of sp³-hybridized carbons (Fsp3) is 0.236. The van der Waals surface area contributed by atoms with E-state index in [1.165, 1.54) is 89.0 Å².